The van der Waals surface area contributed by atoms with Gasteiger partial charge in [0.2, 0.25) is 23.6 Å². The molecule has 0 unspecified atom stereocenters. The van der Waals surface area contributed by atoms with Crippen LogP contribution < -0.4 is 25.4 Å². The number of nitrogen functional groups attached to an aromatic ring is 1. The maximum Gasteiger partial charge on any atom is 0.247 e. The first-order chi connectivity index (χ1) is 14.4. The first-order valence-corrected chi connectivity index (χ1v) is 10.2. The third-order valence-corrected chi connectivity index (χ3v) is 5.59. The smallest absolute Gasteiger partial charge is 0.247 e. The number of hydrogen-bond acceptors (Lipinski definition) is 9. The summed E-state index contributed by atoms with van der Waals surface area (Å²) in [5, 5.41) is 2.72. The molecule has 1 amide bonds. The van der Waals surface area contributed by atoms with Crippen molar-refractivity contribution in [1.29, 1.82) is 0 Å². The highest BCUT2D eigenvalue weighted by atomic mass is 32.2. The molecule has 1 aromatic carbocycles. The van der Waals surface area contributed by atoms with Gasteiger partial charge in [0.1, 0.15) is 4.90 Å². The fourth-order valence-corrected chi connectivity index (χ4v) is 4.03. The highest BCUT2D eigenvalue weighted by Crippen LogP contribution is 2.42. The molecule has 1 aliphatic heterocycles. The van der Waals surface area contributed by atoms with E-state index in [0.29, 0.717) is 34.0 Å². The molecular weight excluding hydrogens is 404 g/mol. The molecule has 1 aliphatic rings. The van der Waals surface area contributed by atoms with E-state index in [0.717, 1.165) is 31.1 Å². The predicted molar refractivity (Wildman–Crippen MR) is 119 cm³/mol. The summed E-state index contributed by atoms with van der Waals surface area (Å²) in [7, 11) is 5.22. The molecule has 0 atom stereocenters. The Hall–Kier alpha value is -2.98. The van der Waals surface area contributed by atoms with Crippen LogP contribution in [0.2, 0.25) is 0 Å². The van der Waals surface area contributed by atoms with E-state index in [4.69, 9.17) is 15.2 Å². The van der Waals surface area contributed by atoms with E-state index < -0.39 is 0 Å². The second-order valence-electron chi connectivity index (χ2n) is 6.75. The Labute approximate surface area is 180 Å². The van der Waals surface area contributed by atoms with Gasteiger partial charge in [-0.25, -0.2) is 0 Å². The van der Waals surface area contributed by atoms with Crippen molar-refractivity contribution in [3.05, 3.63) is 30.9 Å². The highest BCUT2D eigenvalue weighted by molar-refractivity contribution is 7.99. The Bertz CT molecular complexity index is 906. The van der Waals surface area contributed by atoms with Crippen LogP contribution in [0.25, 0.3) is 0 Å². The number of rotatable bonds is 7. The number of hydrogen-bond donors (Lipinski definition) is 2. The number of amides is 1. The zero-order valence-corrected chi connectivity index (χ0v) is 18.2. The summed E-state index contributed by atoms with van der Waals surface area (Å²) in [6.45, 7) is 7.00. The molecule has 0 spiro atoms. The van der Waals surface area contributed by atoms with Crippen LogP contribution in [0.3, 0.4) is 0 Å². The third kappa shape index (κ3) is 5.14. The number of nitrogens with zero attached hydrogens (tertiary/aromatic N) is 4. The fraction of sp³-hybridized carbons (Fsp3) is 0.350. The van der Waals surface area contributed by atoms with Crippen molar-refractivity contribution in [2.45, 2.75) is 9.79 Å². The standard InChI is InChI=1S/C20H26N6O3S/c1-5-16(27)22-14-10-13(21)11-15(12-14)30-17-18(28-3)23-20(24-19(17)29-4)26-8-6-25(2)7-9-26/h5,10-12H,1,6-9,21H2,2-4H3,(H,22,27). The van der Waals surface area contributed by atoms with Crippen LogP contribution in [0.15, 0.2) is 40.6 Å². The van der Waals surface area contributed by atoms with Gasteiger partial charge in [-0.3, -0.25) is 4.79 Å². The molecule has 0 radical (unpaired) electrons. The van der Waals surface area contributed by atoms with Crippen LogP contribution >= 0.6 is 11.8 Å². The van der Waals surface area contributed by atoms with E-state index in [-0.39, 0.29) is 5.91 Å². The van der Waals surface area contributed by atoms with E-state index in [1.54, 1.807) is 32.4 Å². The largest absolute Gasteiger partial charge is 0.480 e. The minimum Gasteiger partial charge on any atom is -0.480 e. The number of anilines is 3. The Kier molecular flexibility index (Phi) is 7.01. The van der Waals surface area contributed by atoms with Gasteiger partial charge in [0.25, 0.3) is 0 Å². The quantitative estimate of drug-likeness (QED) is 0.504. The van der Waals surface area contributed by atoms with Crippen molar-refractivity contribution in [1.82, 2.24) is 14.9 Å². The number of nitrogens with one attached hydrogen (secondary N) is 1. The lowest BCUT2D eigenvalue weighted by molar-refractivity contribution is -0.111. The van der Waals surface area contributed by atoms with Gasteiger partial charge in [-0.2, -0.15) is 9.97 Å². The molecule has 0 bridgehead atoms. The summed E-state index contributed by atoms with van der Waals surface area (Å²) >= 11 is 1.35. The summed E-state index contributed by atoms with van der Waals surface area (Å²) in [6, 6.07) is 5.27. The maximum atomic E-state index is 11.6. The van der Waals surface area contributed by atoms with Crippen molar-refractivity contribution in [3.8, 4) is 11.8 Å². The number of carbonyl (C=O) groups is 1. The van der Waals surface area contributed by atoms with Crippen molar-refractivity contribution in [2.75, 3.05) is 63.4 Å². The fourth-order valence-electron chi connectivity index (χ4n) is 2.98. The van der Waals surface area contributed by atoms with Gasteiger partial charge in [-0.1, -0.05) is 18.3 Å². The molecule has 1 fully saturated rings. The van der Waals surface area contributed by atoms with Crippen molar-refractivity contribution in [2.24, 2.45) is 0 Å². The second kappa shape index (κ2) is 9.68. The predicted octanol–water partition coefficient (Wildman–Crippen LogP) is 2.10. The summed E-state index contributed by atoms with van der Waals surface area (Å²) in [5.74, 6) is 1.10. The van der Waals surface area contributed by atoms with Gasteiger partial charge in [0.05, 0.1) is 14.2 Å². The summed E-state index contributed by atoms with van der Waals surface area (Å²) in [4.78, 5) is 26.6. The summed E-state index contributed by atoms with van der Waals surface area (Å²) < 4.78 is 11.1. The molecule has 30 heavy (non-hydrogen) atoms. The average molecular weight is 431 g/mol. The lowest BCUT2D eigenvalue weighted by atomic mass is 10.3. The van der Waals surface area contributed by atoms with Crippen molar-refractivity contribution >= 4 is 35.0 Å². The van der Waals surface area contributed by atoms with Crippen LogP contribution in [0.5, 0.6) is 11.8 Å². The molecule has 1 saturated heterocycles. The lowest BCUT2D eigenvalue weighted by Crippen LogP contribution is -2.45. The molecule has 10 heteroatoms. The van der Waals surface area contributed by atoms with Gasteiger partial charge in [-0.05, 0) is 31.3 Å². The maximum absolute atomic E-state index is 11.6. The average Bonchev–Trinajstić information content (AvgIpc) is 2.73. The first-order valence-electron chi connectivity index (χ1n) is 9.38. The lowest BCUT2D eigenvalue weighted by Gasteiger charge is -2.32. The Morgan fingerprint density at radius 2 is 1.80 bits per heavy atom. The minimum absolute atomic E-state index is 0.313. The number of nitrogens with two attached hydrogens (primary N) is 1. The third-order valence-electron chi connectivity index (χ3n) is 4.57. The van der Waals surface area contributed by atoms with Crippen molar-refractivity contribution < 1.29 is 14.3 Å². The molecule has 3 N–H and O–H groups in total. The zero-order valence-electron chi connectivity index (χ0n) is 17.3. The number of aromatic nitrogens is 2. The van der Waals surface area contributed by atoms with Crippen LogP contribution in [0.4, 0.5) is 17.3 Å². The number of piperazine rings is 1. The van der Waals surface area contributed by atoms with Gasteiger partial charge in [0.15, 0.2) is 0 Å². The second-order valence-corrected chi connectivity index (χ2v) is 7.83. The molecule has 2 heterocycles. The van der Waals surface area contributed by atoms with E-state index in [9.17, 15) is 4.79 Å². The number of ether oxygens (including phenoxy) is 2. The normalized spacial score (nSPS) is 14.3. The van der Waals surface area contributed by atoms with Gasteiger partial charge >= 0.3 is 0 Å². The van der Waals surface area contributed by atoms with E-state index in [1.165, 1.54) is 17.8 Å². The summed E-state index contributed by atoms with van der Waals surface area (Å²) in [5.41, 5.74) is 7.08. The first kappa shape index (κ1) is 21.7. The van der Waals surface area contributed by atoms with E-state index in [2.05, 4.69) is 38.7 Å². The molecule has 0 aliphatic carbocycles. The van der Waals surface area contributed by atoms with Crippen LogP contribution in [-0.4, -0.2) is 68.2 Å². The SMILES string of the molecule is C=CC(=O)Nc1cc(N)cc(Sc2c(OC)nc(N3CCN(C)CC3)nc2OC)c1. The Balaban J connectivity index is 1.92. The number of methoxy groups -OCH3 is 2. The Morgan fingerprint density at radius 3 is 2.37 bits per heavy atom. The molecule has 2 aromatic rings. The van der Waals surface area contributed by atoms with E-state index >= 15 is 0 Å². The van der Waals surface area contributed by atoms with Crippen LogP contribution in [0.1, 0.15) is 0 Å². The number of benzene rings is 1. The molecule has 3 rings (SSSR count). The molecule has 160 valence electrons. The molecule has 0 saturated carbocycles. The van der Waals surface area contributed by atoms with E-state index in [1.807, 2.05) is 0 Å². The van der Waals surface area contributed by atoms with Gasteiger partial charge in [-0.15, -0.1) is 0 Å². The zero-order chi connectivity index (χ0) is 21.7. The van der Waals surface area contributed by atoms with Crippen molar-refractivity contribution in [3.63, 3.8) is 0 Å². The molecular formula is C20H26N6O3S. The number of likely N-dealkylation sites (N-methyl/N-ethyl adjacent to an activating group) is 1. The topological polar surface area (TPSA) is 106 Å². The van der Waals surface area contributed by atoms with Gasteiger partial charge < -0.3 is 30.3 Å². The minimum atomic E-state index is -0.313. The summed E-state index contributed by atoms with van der Waals surface area (Å²) in [6.07, 6.45) is 1.20. The molecule has 1 aromatic heterocycles. The Morgan fingerprint density at radius 1 is 1.17 bits per heavy atom. The van der Waals surface area contributed by atoms with Crippen LogP contribution in [-0.2, 0) is 4.79 Å². The van der Waals surface area contributed by atoms with Crippen LogP contribution in [0, 0.1) is 0 Å². The monoisotopic (exact) mass is 430 g/mol. The number of carbonyl (C=O) groups excluding carboxylic acids is 1. The molecule has 9 nitrogen and oxygen atoms in total. The highest BCUT2D eigenvalue weighted by Gasteiger charge is 2.23. The van der Waals surface area contributed by atoms with Gasteiger partial charge in [0, 0.05) is 42.4 Å².